The first-order valence-corrected chi connectivity index (χ1v) is 5.24. The second-order valence-corrected chi connectivity index (χ2v) is 4.15. The zero-order valence-electron chi connectivity index (χ0n) is 9.71. The maximum atomic E-state index is 5.32. The van der Waals surface area contributed by atoms with Crippen LogP contribution >= 0.6 is 0 Å². The second kappa shape index (κ2) is 5.82. The second-order valence-electron chi connectivity index (χ2n) is 4.15. The molecule has 0 unspecified atom stereocenters. The normalized spacial score (nSPS) is 11.9. The van der Waals surface area contributed by atoms with E-state index in [-0.39, 0.29) is 5.60 Å². The Hall–Kier alpha value is -0.940. The van der Waals surface area contributed by atoms with Gasteiger partial charge in [-0.2, -0.15) is 5.10 Å². The van der Waals surface area contributed by atoms with Gasteiger partial charge in [0.25, 0.3) is 0 Å². The van der Waals surface area contributed by atoms with E-state index in [9.17, 15) is 0 Å². The van der Waals surface area contributed by atoms with E-state index in [4.69, 9.17) is 4.74 Å². The van der Waals surface area contributed by atoms with Gasteiger partial charge in [-0.15, -0.1) is 0 Å². The van der Waals surface area contributed by atoms with Crippen molar-refractivity contribution >= 4 is 0 Å². The van der Waals surface area contributed by atoms with Crippen molar-refractivity contribution in [2.45, 2.75) is 32.3 Å². The minimum atomic E-state index is -0.0424. The van der Waals surface area contributed by atoms with E-state index in [1.807, 2.05) is 0 Å². The van der Waals surface area contributed by atoms with Crippen molar-refractivity contribution in [3.8, 4) is 0 Å². The predicted octanol–water partition coefficient (Wildman–Crippen LogP) is 0.752. The highest BCUT2D eigenvalue weighted by atomic mass is 16.5. The van der Waals surface area contributed by atoms with Crippen LogP contribution in [0.3, 0.4) is 0 Å². The molecule has 0 aliphatic heterocycles. The summed E-state index contributed by atoms with van der Waals surface area (Å²) < 4.78 is 5.32. The maximum Gasteiger partial charge on any atom is 0.137 e. The fourth-order valence-corrected chi connectivity index (χ4v) is 1.17. The first-order valence-electron chi connectivity index (χ1n) is 5.24. The van der Waals surface area contributed by atoms with E-state index in [0.717, 1.165) is 31.8 Å². The summed E-state index contributed by atoms with van der Waals surface area (Å²) in [6, 6.07) is 0. The number of nitrogens with one attached hydrogen (secondary N) is 2. The lowest BCUT2D eigenvalue weighted by atomic mass is 10.1. The molecule has 0 spiro atoms. The van der Waals surface area contributed by atoms with Gasteiger partial charge in [-0.3, -0.25) is 5.10 Å². The Morgan fingerprint density at radius 3 is 2.87 bits per heavy atom. The number of H-pyrrole nitrogens is 1. The Morgan fingerprint density at radius 1 is 1.47 bits per heavy atom. The summed E-state index contributed by atoms with van der Waals surface area (Å²) in [5.41, 5.74) is -0.0424. The quantitative estimate of drug-likeness (QED) is 0.655. The minimum absolute atomic E-state index is 0.0424. The minimum Gasteiger partial charge on any atom is -0.379 e. The Balaban J connectivity index is 2.03. The van der Waals surface area contributed by atoms with Crippen molar-refractivity contribution in [3.63, 3.8) is 0 Å². The summed E-state index contributed by atoms with van der Waals surface area (Å²) in [6.07, 6.45) is 3.41. The molecule has 1 heterocycles. The van der Waals surface area contributed by atoms with Gasteiger partial charge in [0.1, 0.15) is 12.2 Å². The summed E-state index contributed by atoms with van der Waals surface area (Å²) in [6.45, 7) is 6.04. The highest BCUT2D eigenvalue weighted by molar-refractivity contribution is 4.80. The first kappa shape index (κ1) is 12.1. The molecule has 1 aromatic heterocycles. The average molecular weight is 212 g/mol. The molecular formula is C10H20N4O. The van der Waals surface area contributed by atoms with Gasteiger partial charge in [-0.25, -0.2) is 4.98 Å². The van der Waals surface area contributed by atoms with E-state index in [0.29, 0.717) is 0 Å². The van der Waals surface area contributed by atoms with Crippen molar-refractivity contribution < 1.29 is 4.74 Å². The topological polar surface area (TPSA) is 62.8 Å². The largest absolute Gasteiger partial charge is 0.379 e. The lowest BCUT2D eigenvalue weighted by Gasteiger charge is -2.22. The number of ether oxygens (including phenoxy) is 1. The lowest BCUT2D eigenvalue weighted by Crippen LogP contribution is -2.29. The van der Waals surface area contributed by atoms with Crippen LogP contribution in [0.5, 0.6) is 0 Å². The summed E-state index contributed by atoms with van der Waals surface area (Å²) >= 11 is 0. The molecule has 0 bridgehead atoms. The predicted molar refractivity (Wildman–Crippen MR) is 58.7 cm³/mol. The Bertz CT molecular complexity index is 258. The van der Waals surface area contributed by atoms with Crippen LogP contribution in [0.15, 0.2) is 6.33 Å². The molecule has 1 aromatic rings. The smallest absolute Gasteiger partial charge is 0.137 e. The van der Waals surface area contributed by atoms with Gasteiger partial charge in [-0.1, -0.05) is 0 Å². The molecule has 0 saturated heterocycles. The van der Waals surface area contributed by atoms with Gasteiger partial charge in [0.2, 0.25) is 0 Å². The molecule has 86 valence electrons. The highest BCUT2D eigenvalue weighted by Crippen LogP contribution is 2.11. The maximum absolute atomic E-state index is 5.32. The van der Waals surface area contributed by atoms with Crippen molar-refractivity contribution in [2.24, 2.45) is 0 Å². The van der Waals surface area contributed by atoms with Crippen LogP contribution < -0.4 is 5.32 Å². The van der Waals surface area contributed by atoms with Crippen molar-refractivity contribution in [3.05, 3.63) is 12.2 Å². The van der Waals surface area contributed by atoms with Crippen LogP contribution in [0, 0.1) is 0 Å². The summed E-state index contributed by atoms with van der Waals surface area (Å²) in [5, 5.41) is 9.97. The third-order valence-electron chi connectivity index (χ3n) is 2.46. The molecule has 5 nitrogen and oxygen atoms in total. The van der Waals surface area contributed by atoms with Gasteiger partial charge in [0.15, 0.2) is 0 Å². The van der Waals surface area contributed by atoms with Crippen LogP contribution in [0.25, 0.3) is 0 Å². The molecule has 0 fully saturated rings. The van der Waals surface area contributed by atoms with Crippen LogP contribution in [-0.2, 0) is 11.2 Å². The van der Waals surface area contributed by atoms with E-state index in [2.05, 4.69) is 34.3 Å². The summed E-state index contributed by atoms with van der Waals surface area (Å²) in [5.74, 6) is 0.925. The van der Waals surface area contributed by atoms with Crippen LogP contribution in [0.2, 0.25) is 0 Å². The van der Waals surface area contributed by atoms with Crippen LogP contribution in [0.1, 0.15) is 26.1 Å². The highest BCUT2D eigenvalue weighted by Gasteiger charge is 2.14. The number of methoxy groups -OCH3 is 1. The molecule has 0 saturated carbocycles. The Labute approximate surface area is 90.6 Å². The van der Waals surface area contributed by atoms with E-state index < -0.39 is 0 Å². The van der Waals surface area contributed by atoms with Crippen LogP contribution in [-0.4, -0.2) is 41.0 Å². The molecule has 0 aliphatic rings. The molecule has 0 aliphatic carbocycles. The summed E-state index contributed by atoms with van der Waals surface area (Å²) in [7, 11) is 1.74. The number of hydrogen-bond donors (Lipinski definition) is 2. The van der Waals surface area contributed by atoms with E-state index in [1.165, 1.54) is 6.33 Å². The monoisotopic (exact) mass is 212 g/mol. The zero-order chi connectivity index (χ0) is 11.1. The van der Waals surface area contributed by atoms with Gasteiger partial charge >= 0.3 is 0 Å². The van der Waals surface area contributed by atoms with Crippen molar-refractivity contribution in [2.75, 3.05) is 20.2 Å². The number of aromatic amines is 1. The molecule has 0 radical (unpaired) electrons. The van der Waals surface area contributed by atoms with Crippen LogP contribution in [0.4, 0.5) is 0 Å². The third-order valence-corrected chi connectivity index (χ3v) is 2.46. The SMILES string of the molecule is COC(C)(C)CCNCCc1ncn[nH]1. The van der Waals surface area contributed by atoms with Crippen molar-refractivity contribution in [1.29, 1.82) is 0 Å². The van der Waals surface area contributed by atoms with Gasteiger partial charge in [0, 0.05) is 20.1 Å². The standard InChI is InChI=1S/C10H20N4O/c1-10(2,15-3)5-7-11-6-4-9-12-8-13-14-9/h8,11H,4-7H2,1-3H3,(H,12,13,14). The van der Waals surface area contributed by atoms with E-state index in [1.54, 1.807) is 7.11 Å². The lowest BCUT2D eigenvalue weighted by molar-refractivity contribution is 0.0159. The number of nitrogens with zero attached hydrogens (tertiary/aromatic N) is 2. The Kier molecular flexibility index (Phi) is 4.71. The number of hydrogen-bond acceptors (Lipinski definition) is 4. The molecular weight excluding hydrogens is 192 g/mol. The average Bonchev–Trinajstić information content (AvgIpc) is 2.70. The molecule has 15 heavy (non-hydrogen) atoms. The van der Waals surface area contributed by atoms with E-state index >= 15 is 0 Å². The molecule has 0 amide bonds. The van der Waals surface area contributed by atoms with Gasteiger partial charge in [-0.05, 0) is 26.8 Å². The van der Waals surface area contributed by atoms with Crippen molar-refractivity contribution in [1.82, 2.24) is 20.5 Å². The number of rotatable bonds is 7. The molecule has 5 heteroatoms. The number of aromatic nitrogens is 3. The summed E-state index contributed by atoms with van der Waals surface area (Å²) in [4.78, 5) is 4.05. The fourth-order valence-electron chi connectivity index (χ4n) is 1.17. The molecule has 1 rings (SSSR count). The zero-order valence-corrected chi connectivity index (χ0v) is 9.71. The molecule has 2 N–H and O–H groups in total. The van der Waals surface area contributed by atoms with Gasteiger partial charge in [0.05, 0.1) is 5.60 Å². The first-order chi connectivity index (χ1) is 7.14. The Morgan fingerprint density at radius 2 is 2.27 bits per heavy atom. The van der Waals surface area contributed by atoms with Gasteiger partial charge < -0.3 is 10.1 Å². The third kappa shape index (κ3) is 4.90. The molecule has 0 atom stereocenters. The fraction of sp³-hybridized carbons (Fsp3) is 0.800. The molecule has 0 aromatic carbocycles.